The third-order valence-corrected chi connectivity index (χ3v) is 11.1. The van der Waals surface area contributed by atoms with E-state index in [1.807, 2.05) is 6.92 Å². The molecule has 0 radical (unpaired) electrons. The summed E-state index contributed by atoms with van der Waals surface area (Å²) >= 11 is 0. The van der Waals surface area contributed by atoms with Crippen LogP contribution in [-0.2, 0) is 16.6 Å². The predicted octanol–water partition coefficient (Wildman–Crippen LogP) is 5.00. The first-order valence-electron chi connectivity index (χ1n) is 13.2. The molecular formula is C29H37NO4. The standard InChI is InChI=1S/C29H37NO4/c1-26(2,3)27(4,32)20-15-28-11-10-19(20)24-29(28)12-13-30(25(31)33-16-17-8-9-17)22(28)14-18-6-5-7-21(34-24)23(18)29/h5-8,19-20,22,24,32H,9-16H2,1-4H3/t19?,20?,22-,24+,27?,28?,29+/m1/s1. The first-order valence-corrected chi connectivity index (χ1v) is 13.2. The molecule has 1 amide bonds. The van der Waals surface area contributed by atoms with E-state index in [4.69, 9.17) is 9.47 Å². The zero-order valence-electron chi connectivity index (χ0n) is 20.9. The van der Waals surface area contributed by atoms with Gasteiger partial charge in [0.1, 0.15) is 18.5 Å². The van der Waals surface area contributed by atoms with E-state index in [-0.39, 0.29) is 40.4 Å². The average Bonchev–Trinajstić information content (AvgIpc) is 3.55. The lowest BCUT2D eigenvalue weighted by Gasteiger charge is -2.72. The summed E-state index contributed by atoms with van der Waals surface area (Å²) in [7, 11) is 0. The maximum absolute atomic E-state index is 13.4. The molecule has 5 heteroatoms. The average molecular weight is 464 g/mol. The number of rotatable bonds is 3. The number of nitrogens with zero attached hydrogens (tertiary/aromatic N) is 1. The molecule has 4 unspecified atom stereocenters. The quantitative estimate of drug-likeness (QED) is 0.641. The first kappa shape index (κ1) is 21.3. The molecule has 1 N–H and O–H groups in total. The number of aliphatic hydroxyl groups is 1. The molecule has 8 rings (SSSR count). The van der Waals surface area contributed by atoms with E-state index in [1.54, 1.807) is 0 Å². The number of hydrogen-bond donors (Lipinski definition) is 1. The number of ether oxygens (including phenoxy) is 2. The van der Waals surface area contributed by atoms with E-state index in [0.717, 1.165) is 50.8 Å². The largest absolute Gasteiger partial charge is 0.489 e. The minimum absolute atomic E-state index is 0.0506. The normalized spacial score (nSPS) is 40.1. The Balaban J connectivity index is 1.37. The van der Waals surface area contributed by atoms with Crippen LogP contribution in [0, 0.1) is 22.7 Å². The van der Waals surface area contributed by atoms with Gasteiger partial charge in [0, 0.05) is 34.9 Å². The van der Waals surface area contributed by atoms with Crippen molar-refractivity contribution >= 4 is 6.09 Å². The summed E-state index contributed by atoms with van der Waals surface area (Å²) < 4.78 is 12.7. The Kier molecular flexibility index (Phi) is 4.01. The summed E-state index contributed by atoms with van der Waals surface area (Å²) in [5, 5.41) is 12.0. The van der Waals surface area contributed by atoms with Gasteiger partial charge in [-0.1, -0.05) is 39.0 Å². The van der Waals surface area contributed by atoms with Crippen LogP contribution in [0.25, 0.3) is 0 Å². The number of allylic oxidation sites excluding steroid dienone is 1. The number of hydrogen-bond acceptors (Lipinski definition) is 4. The zero-order chi connectivity index (χ0) is 23.7. The second-order valence-electron chi connectivity index (χ2n) is 13.2. The Bertz CT molecular complexity index is 1120. The van der Waals surface area contributed by atoms with Gasteiger partial charge >= 0.3 is 6.09 Å². The maximum Gasteiger partial charge on any atom is 0.410 e. The number of likely N-dealkylation sites (tertiary alicyclic amines) is 1. The Morgan fingerprint density at radius 3 is 2.79 bits per heavy atom. The van der Waals surface area contributed by atoms with Crippen LogP contribution in [0.15, 0.2) is 29.8 Å². The molecule has 2 heterocycles. The monoisotopic (exact) mass is 463 g/mol. The molecule has 2 aliphatic heterocycles. The molecule has 7 aliphatic rings. The van der Waals surface area contributed by atoms with Gasteiger partial charge in [-0.15, -0.1) is 0 Å². The van der Waals surface area contributed by atoms with Gasteiger partial charge in [0.2, 0.25) is 0 Å². The Morgan fingerprint density at radius 1 is 1.26 bits per heavy atom. The van der Waals surface area contributed by atoms with Crippen molar-refractivity contribution in [3.05, 3.63) is 41.0 Å². The molecule has 7 atom stereocenters. The molecule has 4 bridgehead atoms. The molecule has 0 aromatic heterocycles. The molecule has 1 saturated heterocycles. The predicted molar refractivity (Wildman–Crippen MR) is 129 cm³/mol. The molecule has 34 heavy (non-hydrogen) atoms. The second kappa shape index (κ2) is 6.40. The number of carbonyl (C=O) groups excluding carboxylic acids is 1. The summed E-state index contributed by atoms with van der Waals surface area (Å²) in [4.78, 5) is 15.5. The van der Waals surface area contributed by atoms with Gasteiger partial charge in [0.15, 0.2) is 0 Å². The molecule has 182 valence electrons. The third kappa shape index (κ3) is 2.38. The number of carbonyl (C=O) groups is 1. The lowest BCUT2D eigenvalue weighted by Crippen LogP contribution is -2.78. The van der Waals surface area contributed by atoms with Crippen LogP contribution in [0.1, 0.15) is 70.9 Å². The van der Waals surface area contributed by atoms with Gasteiger partial charge in [0.05, 0.1) is 5.60 Å². The second-order valence-corrected chi connectivity index (χ2v) is 13.2. The Morgan fingerprint density at radius 2 is 2.06 bits per heavy atom. The van der Waals surface area contributed by atoms with Crippen molar-refractivity contribution in [1.82, 2.24) is 4.90 Å². The molecular weight excluding hydrogens is 426 g/mol. The van der Waals surface area contributed by atoms with Gasteiger partial charge < -0.3 is 19.5 Å². The van der Waals surface area contributed by atoms with Gasteiger partial charge in [-0.3, -0.25) is 0 Å². The highest BCUT2D eigenvalue weighted by molar-refractivity contribution is 5.70. The summed E-state index contributed by atoms with van der Waals surface area (Å²) in [6, 6.07) is 6.61. The molecule has 4 fully saturated rings. The highest BCUT2D eigenvalue weighted by atomic mass is 16.6. The first-order chi connectivity index (χ1) is 16.1. The molecule has 1 aromatic carbocycles. The van der Waals surface area contributed by atoms with Crippen LogP contribution < -0.4 is 4.74 Å². The maximum atomic E-state index is 13.4. The summed E-state index contributed by atoms with van der Waals surface area (Å²) in [5.41, 5.74) is 2.82. The summed E-state index contributed by atoms with van der Waals surface area (Å²) in [6.45, 7) is 9.67. The van der Waals surface area contributed by atoms with Crippen molar-refractivity contribution in [2.45, 2.75) is 89.4 Å². The van der Waals surface area contributed by atoms with Crippen LogP contribution in [0.2, 0.25) is 0 Å². The van der Waals surface area contributed by atoms with E-state index < -0.39 is 5.60 Å². The Hall–Kier alpha value is -2.01. The minimum atomic E-state index is -0.816. The van der Waals surface area contributed by atoms with Crippen LogP contribution >= 0.6 is 0 Å². The fraction of sp³-hybridized carbons (Fsp3) is 0.690. The Labute approximate surface area is 202 Å². The van der Waals surface area contributed by atoms with E-state index in [0.29, 0.717) is 12.5 Å². The van der Waals surface area contributed by atoms with E-state index in [9.17, 15) is 9.90 Å². The highest BCUT2D eigenvalue weighted by Crippen LogP contribution is 2.75. The van der Waals surface area contributed by atoms with Gasteiger partial charge in [-0.2, -0.15) is 0 Å². The van der Waals surface area contributed by atoms with E-state index in [2.05, 4.69) is 49.9 Å². The van der Waals surface area contributed by atoms with Crippen molar-refractivity contribution in [3.63, 3.8) is 0 Å². The van der Waals surface area contributed by atoms with Crippen molar-refractivity contribution in [2.24, 2.45) is 22.7 Å². The fourth-order valence-corrected chi connectivity index (χ4v) is 8.95. The summed E-state index contributed by atoms with van der Waals surface area (Å²) in [6.07, 6.45) is 7.91. The molecule has 3 saturated carbocycles. The third-order valence-electron chi connectivity index (χ3n) is 11.1. The topological polar surface area (TPSA) is 59.0 Å². The van der Waals surface area contributed by atoms with Crippen molar-refractivity contribution in [1.29, 1.82) is 0 Å². The number of benzene rings is 1. The smallest absolute Gasteiger partial charge is 0.410 e. The molecule has 2 spiro atoms. The van der Waals surface area contributed by atoms with Gasteiger partial charge in [-0.05, 0) is 74.0 Å². The van der Waals surface area contributed by atoms with Crippen LogP contribution in [-0.4, -0.2) is 47.0 Å². The fourth-order valence-electron chi connectivity index (χ4n) is 8.95. The van der Waals surface area contributed by atoms with E-state index >= 15 is 0 Å². The van der Waals surface area contributed by atoms with Crippen LogP contribution in [0.4, 0.5) is 4.79 Å². The molecule has 5 aliphatic carbocycles. The van der Waals surface area contributed by atoms with Crippen LogP contribution in [0.3, 0.4) is 0 Å². The minimum Gasteiger partial charge on any atom is -0.489 e. The number of piperidine rings is 1. The summed E-state index contributed by atoms with van der Waals surface area (Å²) in [5.74, 6) is 1.53. The van der Waals surface area contributed by atoms with Crippen molar-refractivity contribution < 1.29 is 19.4 Å². The number of amides is 1. The molecule has 5 nitrogen and oxygen atoms in total. The van der Waals surface area contributed by atoms with E-state index in [1.165, 1.54) is 16.7 Å². The number of fused-ring (bicyclic) bond motifs is 2. The SMILES string of the molecule is CC(C)(C)C(C)(O)C1CC23CCC1[C@@H]1Oc4cccc5c4[C@@]12CCN(C(=O)OCC1=CC1)[C@@H]3C5. The highest BCUT2D eigenvalue weighted by Gasteiger charge is 2.77. The van der Waals surface area contributed by atoms with Crippen molar-refractivity contribution in [2.75, 3.05) is 13.2 Å². The van der Waals surface area contributed by atoms with Gasteiger partial charge in [0.25, 0.3) is 0 Å². The van der Waals surface area contributed by atoms with Crippen molar-refractivity contribution in [3.8, 4) is 5.75 Å². The van der Waals surface area contributed by atoms with Crippen LogP contribution in [0.5, 0.6) is 5.75 Å². The zero-order valence-corrected chi connectivity index (χ0v) is 20.9. The molecule has 1 aromatic rings. The lowest BCUT2D eigenvalue weighted by molar-refractivity contribution is -0.239. The lowest BCUT2D eigenvalue weighted by atomic mass is 9.34. The van der Waals surface area contributed by atoms with Gasteiger partial charge in [-0.25, -0.2) is 4.79 Å².